The van der Waals surface area contributed by atoms with Crippen LogP contribution in [0.3, 0.4) is 0 Å². The molecule has 0 bridgehead atoms. The van der Waals surface area contributed by atoms with Crippen LogP contribution in [0.4, 0.5) is 0 Å². The molecule has 2 nitrogen and oxygen atoms in total. The SMILES string of the molecule is Cc1ccc(Br)cc1CC(=O)C(C)(C)N. The van der Waals surface area contributed by atoms with E-state index in [0.29, 0.717) is 6.42 Å². The van der Waals surface area contributed by atoms with Crippen molar-refractivity contribution in [2.45, 2.75) is 32.7 Å². The van der Waals surface area contributed by atoms with Crippen LogP contribution in [-0.2, 0) is 11.2 Å². The summed E-state index contributed by atoms with van der Waals surface area (Å²) < 4.78 is 0.991. The number of ketones is 1. The Bertz CT molecular complexity index is 380. The summed E-state index contributed by atoms with van der Waals surface area (Å²) in [4.78, 5) is 11.8. The zero-order valence-corrected chi connectivity index (χ0v) is 10.9. The zero-order valence-electron chi connectivity index (χ0n) is 9.30. The summed E-state index contributed by atoms with van der Waals surface area (Å²) >= 11 is 3.39. The fourth-order valence-corrected chi connectivity index (χ4v) is 1.64. The lowest BCUT2D eigenvalue weighted by Gasteiger charge is -2.17. The highest BCUT2D eigenvalue weighted by molar-refractivity contribution is 9.10. The van der Waals surface area contributed by atoms with Crippen LogP contribution >= 0.6 is 15.9 Å². The summed E-state index contributed by atoms with van der Waals surface area (Å²) in [7, 11) is 0. The van der Waals surface area contributed by atoms with Gasteiger partial charge < -0.3 is 5.73 Å². The molecular weight excluding hydrogens is 254 g/mol. The number of rotatable bonds is 3. The molecule has 0 aliphatic heterocycles. The second-order valence-corrected chi connectivity index (χ2v) is 5.31. The molecule has 15 heavy (non-hydrogen) atoms. The van der Waals surface area contributed by atoms with Gasteiger partial charge in [0.05, 0.1) is 5.54 Å². The van der Waals surface area contributed by atoms with E-state index in [1.807, 2.05) is 25.1 Å². The maximum atomic E-state index is 11.8. The van der Waals surface area contributed by atoms with Crippen LogP contribution in [-0.4, -0.2) is 11.3 Å². The molecule has 82 valence electrons. The standard InChI is InChI=1S/C12H16BrNO/c1-8-4-5-10(13)6-9(8)7-11(15)12(2,3)14/h4-6H,7,14H2,1-3H3. The van der Waals surface area contributed by atoms with Crippen LogP contribution in [0.1, 0.15) is 25.0 Å². The Morgan fingerprint density at radius 1 is 1.47 bits per heavy atom. The van der Waals surface area contributed by atoms with Gasteiger partial charge in [-0.2, -0.15) is 0 Å². The number of hydrogen-bond acceptors (Lipinski definition) is 2. The van der Waals surface area contributed by atoms with Crippen molar-refractivity contribution in [1.29, 1.82) is 0 Å². The number of aryl methyl sites for hydroxylation is 1. The topological polar surface area (TPSA) is 43.1 Å². The van der Waals surface area contributed by atoms with E-state index < -0.39 is 5.54 Å². The largest absolute Gasteiger partial charge is 0.319 e. The first-order chi connectivity index (χ1) is 6.80. The minimum Gasteiger partial charge on any atom is -0.319 e. The Balaban J connectivity index is 2.90. The fraction of sp³-hybridized carbons (Fsp3) is 0.417. The Morgan fingerprint density at radius 3 is 2.60 bits per heavy atom. The Hall–Kier alpha value is -0.670. The van der Waals surface area contributed by atoms with Gasteiger partial charge in [0.15, 0.2) is 5.78 Å². The highest BCUT2D eigenvalue weighted by Gasteiger charge is 2.22. The first-order valence-corrected chi connectivity index (χ1v) is 5.67. The minimum absolute atomic E-state index is 0.0590. The molecule has 1 rings (SSSR count). The summed E-state index contributed by atoms with van der Waals surface area (Å²) in [6, 6.07) is 5.94. The minimum atomic E-state index is -0.755. The lowest BCUT2D eigenvalue weighted by molar-refractivity contribution is -0.122. The highest BCUT2D eigenvalue weighted by atomic mass is 79.9. The quantitative estimate of drug-likeness (QED) is 0.917. The molecule has 0 heterocycles. The molecule has 0 aromatic heterocycles. The van der Waals surface area contributed by atoms with Crippen LogP contribution in [0.5, 0.6) is 0 Å². The lowest BCUT2D eigenvalue weighted by Crippen LogP contribution is -2.42. The second kappa shape index (κ2) is 4.45. The molecule has 3 heteroatoms. The van der Waals surface area contributed by atoms with Crippen LogP contribution in [0.2, 0.25) is 0 Å². The second-order valence-electron chi connectivity index (χ2n) is 4.39. The normalized spacial score (nSPS) is 11.5. The third kappa shape index (κ3) is 3.43. The Kier molecular flexibility index (Phi) is 3.68. The van der Waals surface area contributed by atoms with E-state index in [2.05, 4.69) is 15.9 Å². The van der Waals surface area contributed by atoms with Crippen LogP contribution in [0.25, 0.3) is 0 Å². The first kappa shape index (κ1) is 12.4. The first-order valence-electron chi connectivity index (χ1n) is 4.88. The highest BCUT2D eigenvalue weighted by Crippen LogP contribution is 2.18. The van der Waals surface area contributed by atoms with E-state index in [1.165, 1.54) is 0 Å². The van der Waals surface area contributed by atoms with Gasteiger partial charge in [-0.25, -0.2) is 0 Å². The predicted octanol–water partition coefficient (Wildman–Crippen LogP) is 2.61. The number of halogens is 1. The van der Waals surface area contributed by atoms with Gasteiger partial charge in [-0.05, 0) is 44.0 Å². The van der Waals surface area contributed by atoms with E-state index in [9.17, 15) is 4.79 Å². The van der Waals surface area contributed by atoms with Gasteiger partial charge >= 0.3 is 0 Å². The third-order valence-corrected chi connectivity index (χ3v) is 2.87. The van der Waals surface area contributed by atoms with Crippen molar-refractivity contribution in [3.05, 3.63) is 33.8 Å². The van der Waals surface area contributed by atoms with Crippen molar-refractivity contribution < 1.29 is 4.79 Å². The molecule has 1 aromatic rings. The van der Waals surface area contributed by atoms with Crippen molar-refractivity contribution in [2.24, 2.45) is 5.73 Å². The Morgan fingerprint density at radius 2 is 2.07 bits per heavy atom. The lowest BCUT2D eigenvalue weighted by atomic mass is 9.93. The van der Waals surface area contributed by atoms with Gasteiger partial charge in [0.2, 0.25) is 0 Å². The third-order valence-electron chi connectivity index (χ3n) is 2.38. The summed E-state index contributed by atoms with van der Waals surface area (Å²) in [6.07, 6.45) is 0.398. The molecule has 0 spiro atoms. The number of nitrogens with two attached hydrogens (primary N) is 1. The van der Waals surface area contributed by atoms with E-state index in [4.69, 9.17) is 5.73 Å². The molecule has 0 saturated heterocycles. The monoisotopic (exact) mass is 269 g/mol. The summed E-state index contributed by atoms with van der Waals surface area (Å²) in [5.74, 6) is 0.0590. The Labute approximate surface area is 99.0 Å². The molecule has 0 aliphatic carbocycles. The van der Waals surface area contributed by atoms with Crippen molar-refractivity contribution in [3.8, 4) is 0 Å². The van der Waals surface area contributed by atoms with Crippen LogP contribution in [0, 0.1) is 6.92 Å². The van der Waals surface area contributed by atoms with Crippen molar-refractivity contribution in [3.63, 3.8) is 0 Å². The fourth-order valence-electron chi connectivity index (χ4n) is 1.23. The molecule has 0 aliphatic rings. The number of benzene rings is 1. The van der Waals surface area contributed by atoms with Gasteiger partial charge in [0, 0.05) is 10.9 Å². The van der Waals surface area contributed by atoms with Gasteiger partial charge in [-0.15, -0.1) is 0 Å². The predicted molar refractivity (Wildman–Crippen MR) is 65.9 cm³/mol. The summed E-state index contributed by atoms with van der Waals surface area (Å²) in [5, 5.41) is 0. The van der Waals surface area contributed by atoms with E-state index in [-0.39, 0.29) is 5.78 Å². The average Bonchev–Trinajstić information content (AvgIpc) is 2.09. The van der Waals surface area contributed by atoms with Crippen LogP contribution < -0.4 is 5.73 Å². The maximum absolute atomic E-state index is 11.8. The number of carbonyl (C=O) groups is 1. The smallest absolute Gasteiger partial charge is 0.156 e. The van der Waals surface area contributed by atoms with Crippen molar-refractivity contribution >= 4 is 21.7 Å². The van der Waals surface area contributed by atoms with Crippen molar-refractivity contribution in [1.82, 2.24) is 0 Å². The molecule has 0 radical (unpaired) electrons. The van der Waals surface area contributed by atoms with Gasteiger partial charge in [0.25, 0.3) is 0 Å². The van der Waals surface area contributed by atoms with Gasteiger partial charge in [-0.3, -0.25) is 4.79 Å². The molecule has 0 saturated carbocycles. The average molecular weight is 270 g/mol. The molecule has 0 amide bonds. The van der Waals surface area contributed by atoms with Gasteiger partial charge in [-0.1, -0.05) is 22.0 Å². The van der Waals surface area contributed by atoms with Crippen molar-refractivity contribution in [2.75, 3.05) is 0 Å². The van der Waals surface area contributed by atoms with Crippen LogP contribution in [0.15, 0.2) is 22.7 Å². The molecule has 0 unspecified atom stereocenters. The summed E-state index contributed by atoms with van der Waals surface area (Å²) in [6.45, 7) is 5.48. The molecule has 0 fully saturated rings. The zero-order chi connectivity index (χ0) is 11.6. The number of hydrogen-bond donors (Lipinski definition) is 1. The molecule has 0 atom stereocenters. The maximum Gasteiger partial charge on any atom is 0.156 e. The summed E-state index contributed by atoms with van der Waals surface area (Å²) in [5.41, 5.74) is 7.15. The van der Waals surface area contributed by atoms with E-state index in [1.54, 1.807) is 13.8 Å². The van der Waals surface area contributed by atoms with E-state index >= 15 is 0 Å². The molecule has 1 aromatic carbocycles. The van der Waals surface area contributed by atoms with E-state index in [0.717, 1.165) is 15.6 Å². The molecular formula is C12H16BrNO. The number of Topliss-reactive ketones (excluding diaryl/α,β-unsaturated/α-hetero) is 1. The molecule has 2 N–H and O–H groups in total. The number of carbonyl (C=O) groups excluding carboxylic acids is 1. The van der Waals surface area contributed by atoms with Gasteiger partial charge in [0.1, 0.15) is 0 Å².